The number of methoxy groups -OCH3 is 1. The predicted octanol–water partition coefficient (Wildman–Crippen LogP) is 2.51. The van der Waals surface area contributed by atoms with Crippen molar-refractivity contribution in [2.24, 2.45) is 5.92 Å². The Hall–Kier alpha value is -1.22. The largest absolute Gasteiger partial charge is 0.497 e. The lowest BCUT2D eigenvalue weighted by atomic mass is 10.1. The van der Waals surface area contributed by atoms with Crippen LogP contribution < -0.4 is 10.5 Å². The van der Waals surface area contributed by atoms with E-state index in [4.69, 9.17) is 10.5 Å². The molecule has 2 rings (SSSR count). The monoisotopic (exact) mass is 234 g/mol. The van der Waals surface area contributed by atoms with E-state index in [2.05, 4.69) is 18.7 Å². The highest BCUT2D eigenvalue weighted by Crippen LogP contribution is 2.27. The van der Waals surface area contributed by atoms with Crippen molar-refractivity contribution in [1.29, 1.82) is 0 Å². The minimum atomic E-state index is 0.649. The molecule has 1 aromatic rings. The molecule has 1 aliphatic rings. The van der Waals surface area contributed by atoms with Crippen molar-refractivity contribution in [2.75, 3.05) is 19.4 Å². The topological polar surface area (TPSA) is 38.5 Å². The maximum atomic E-state index is 6.02. The molecule has 1 heterocycles. The number of benzene rings is 1. The number of hydrogen-bond donors (Lipinski definition) is 1. The van der Waals surface area contributed by atoms with E-state index in [0.29, 0.717) is 6.04 Å². The molecule has 0 spiro atoms. The minimum Gasteiger partial charge on any atom is -0.497 e. The van der Waals surface area contributed by atoms with Crippen LogP contribution in [0.4, 0.5) is 5.69 Å². The molecule has 1 aliphatic heterocycles. The van der Waals surface area contributed by atoms with Crippen molar-refractivity contribution in [3.05, 3.63) is 23.8 Å². The quantitative estimate of drug-likeness (QED) is 0.817. The van der Waals surface area contributed by atoms with Gasteiger partial charge >= 0.3 is 0 Å². The van der Waals surface area contributed by atoms with E-state index in [1.807, 2.05) is 18.2 Å². The number of anilines is 1. The summed E-state index contributed by atoms with van der Waals surface area (Å²) in [7, 11) is 1.69. The summed E-state index contributed by atoms with van der Waals surface area (Å²) in [5, 5.41) is 0. The van der Waals surface area contributed by atoms with Crippen molar-refractivity contribution in [3.63, 3.8) is 0 Å². The Morgan fingerprint density at radius 1 is 1.41 bits per heavy atom. The highest BCUT2D eigenvalue weighted by Gasteiger charge is 2.26. The van der Waals surface area contributed by atoms with Crippen molar-refractivity contribution >= 4 is 5.69 Å². The third kappa shape index (κ3) is 2.72. The van der Waals surface area contributed by atoms with E-state index in [9.17, 15) is 0 Å². The van der Waals surface area contributed by atoms with Crippen LogP contribution in [0.25, 0.3) is 0 Å². The van der Waals surface area contributed by atoms with E-state index in [1.54, 1.807) is 7.11 Å². The second kappa shape index (κ2) is 4.96. The molecule has 3 nitrogen and oxygen atoms in total. The molecule has 0 aromatic heterocycles. The molecule has 1 fully saturated rings. The molecule has 0 radical (unpaired) electrons. The maximum Gasteiger partial charge on any atom is 0.119 e. The van der Waals surface area contributed by atoms with Crippen LogP contribution in [-0.2, 0) is 6.54 Å². The number of nitrogens with zero attached hydrogens (tertiary/aromatic N) is 1. The van der Waals surface area contributed by atoms with E-state index < -0.39 is 0 Å². The summed E-state index contributed by atoms with van der Waals surface area (Å²) in [5.74, 6) is 1.67. The SMILES string of the molecule is COc1ccc(N)c(CN2CC(C)CC2C)c1. The van der Waals surface area contributed by atoms with Crippen LogP contribution in [0.1, 0.15) is 25.8 Å². The summed E-state index contributed by atoms with van der Waals surface area (Å²) >= 11 is 0. The van der Waals surface area contributed by atoms with E-state index in [0.717, 1.165) is 30.4 Å². The van der Waals surface area contributed by atoms with Crippen LogP contribution >= 0.6 is 0 Å². The summed E-state index contributed by atoms with van der Waals surface area (Å²) in [5.41, 5.74) is 8.05. The molecular weight excluding hydrogens is 212 g/mol. The molecule has 0 saturated carbocycles. The summed E-state index contributed by atoms with van der Waals surface area (Å²) in [4.78, 5) is 2.50. The molecule has 0 bridgehead atoms. The first-order valence-corrected chi connectivity index (χ1v) is 6.26. The highest BCUT2D eigenvalue weighted by atomic mass is 16.5. The van der Waals surface area contributed by atoms with Gasteiger partial charge in [0.15, 0.2) is 0 Å². The summed E-state index contributed by atoms with van der Waals surface area (Å²) in [6.45, 7) is 6.69. The lowest BCUT2D eigenvalue weighted by molar-refractivity contribution is 0.256. The summed E-state index contributed by atoms with van der Waals surface area (Å²) in [6, 6.07) is 6.54. The average molecular weight is 234 g/mol. The molecule has 1 aromatic carbocycles. The van der Waals surface area contributed by atoms with Crippen LogP contribution in [0.5, 0.6) is 5.75 Å². The molecule has 3 heteroatoms. The van der Waals surface area contributed by atoms with Gasteiger partial charge in [0.1, 0.15) is 5.75 Å². The molecule has 2 unspecified atom stereocenters. The van der Waals surface area contributed by atoms with Gasteiger partial charge in [0.05, 0.1) is 7.11 Å². The van der Waals surface area contributed by atoms with Crippen molar-refractivity contribution in [2.45, 2.75) is 32.9 Å². The number of nitrogens with two attached hydrogens (primary N) is 1. The number of ether oxygens (including phenoxy) is 1. The van der Waals surface area contributed by atoms with Crippen molar-refractivity contribution < 1.29 is 4.74 Å². The molecule has 17 heavy (non-hydrogen) atoms. The molecule has 0 aliphatic carbocycles. The zero-order chi connectivity index (χ0) is 12.4. The Morgan fingerprint density at radius 2 is 2.18 bits per heavy atom. The fourth-order valence-electron chi connectivity index (χ4n) is 2.67. The van der Waals surface area contributed by atoms with Crippen molar-refractivity contribution in [3.8, 4) is 5.75 Å². The normalized spacial score (nSPS) is 25.1. The fraction of sp³-hybridized carbons (Fsp3) is 0.571. The third-order valence-electron chi connectivity index (χ3n) is 3.64. The van der Waals surface area contributed by atoms with E-state index in [1.165, 1.54) is 12.0 Å². The zero-order valence-electron chi connectivity index (χ0n) is 10.9. The van der Waals surface area contributed by atoms with Gasteiger partial charge in [-0.05, 0) is 43.0 Å². The first kappa shape index (κ1) is 12.2. The first-order valence-electron chi connectivity index (χ1n) is 6.26. The van der Waals surface area contributed by atoms with E-state index >= 15 is 0 Å². The van der Waals surface area contributed by atoms with Gasteiger partial charge in [-0.2, -0.15) is 0 Å². The molecular formula is C14H22N2O. The van der Waals surface area contributed by atoms with Crippen LogP contribution in [-0.4, -0.2) is 24.6 Å². The first-order chi connectivity index (χ1) is 8.10. The van der Waals surface area contributed by atoms with Crippen LogP contribution in [0.3, 0.4) is 0 Å². The van der Waals surface area contributed by atoms with Gasteiger partial charge in [-0.1, -0.05) is 6.92 Å². The summed E-state index contributed by atoms with van der Waals surface area (Å²) in [6.07, 6.45) is 1.28. The van der Waals surface area contributed by atoms with Gasteiger partial charge in [0.2, 0.25) is 0 Å². The number of likely N-dealkylation sites (tertiary alicyclic amines) is 1. The van der Waals surface area contributed by atoms with Crippen LogP contribution in [0.15, 0.2) is 18.2 Å². The van der Waals surface area contributed by atoms with Gasteiger partial charge in [0, 0.05) is 24.8 Å². The summed E-state index contributed by atoms with van der Waals surface area (Å²) < 4.78 is 5.25. The van der Waals surface area contributed by atoms with Gasteiger partial charge in [-0.15, -0.1) is 0 Å². The number of rotatable bonds is 3. The predicted molar refractivity (Wildman–Crippen MR) is 71.1 cm³/mol. The van der Waals surface area contributed by atoms with Gasteiger partial charge in [-0.25, -0.2) is 0 Å². The minimum absolute atomic E-state index is 0.649. The number of nitrogen functional groups attached to an aromatic ring is 1. The second-order valence-electron chi connectivity index (χ2n) is 5.18. The van der Waals surface area contributed by atoms with Crippen molar-refractivity contribution in [1.82, 2.24) is 4.90 Å². The molecule has 1 saturated heterocycles. The smallest absolute Gasteiger partial charge is 0.119 e. The van der Waals surface area contributed by atoms with Gasteiger partial charge < -0.3 is 10.5 Å². The number of hydrogen-bond acceptors (Lipinski definition) is 3. The molecule has 2 N–H and O–H groups in total. The van der Waals surface area contributed by atoms with Gasteiger partial charge in [-0.3, -0.25) is 4.90 Å². The third-order valence-corrected chi connectivity index (χ3v) is 3.64. The molecule has 0 amide bonds. The zero-order valence-corrected chi connectivity index (χ0v) is 10.9. The second-order valence-corrected chi connectivity index (χ2v) is 5.18. The van der Waals surface area contributed by atoms with Gasteiger partial charge in [0.25, 0.3) is 0 Å². The highest BCUT2D eigenvalue weighted by molar-refractivity contribution is 5.50. The Morgan fingerprint density at radius 3 is 2.76 bits per heavy atom. The lowest BCUT2D eigenvalue weighted by Gasteiger charge is -2.22. The molecule has 2 atom stereocenters. The maximum absolute atomic E-state index is 6.02. The van der Waals surface area contributed by atoms with E-state index in [-0.39, 0.29) is 0 Å². The Kier molecular flexibility index (Phi) is 3.57. The Labute approximate surface area is 104 Å². The van der Waals surface area contributed by atoms with Crippen LogP contribution in [0.2, 0.25) is 0 Å². The average Bonchev–Trinajstić information content (AvgIpc) is 2.60. The fourth-order valence-corrected chi connectivity index (χ4v) is 2.67. The Bertz CT molecular complexity index is 392. The standard InChI is InChI=1S/C14H22N2O/c1-10-6-11(2)16(8-10)9-12-7-13(17-3)4-5-14(12)15/h4-5,7,10-11H,6,8-9,15H2,1-3H3. The molecule has 94 valence electrons. The Balaban J connectivity index is 2.12. The lowest BCUT2D eigenvalue weighted by Crippen LogP contribution is -2.26. The van der Waals surface area contributed by atoms with Crippen LogP contribution in [0, 0.1) is 5.92 Å².